The summed E-state index contributed by atoms with van der Waals surface area (Å²) in [6.45, 7) is 4.55. The van der Waals surface area contributed by atoms with Crippen LogP contribution in [0.1, 0.15) is 23.6 Å². The molecule has 19 heavy (non-hydrogen) atoms. The van der Waals surface area contributed by atoms with Crippen molar-refractivity contribution in [1.82, 2.24) is 0 Å². The van der Waals surface area contributed by atoms with E-state index in [1.54, 1.807) is 6.26 Å². The van der Waals surface area contributed by atoms with E-state index in [1.807, 2.05) is 31.2 Å². The van der Waals surface area contributed by atoms with Crippen LogP contribution >= 0.6 is 0 Å². The van der Waals surface area contributed by atoms with E-state index in [-0.39, 0.29) is 0 Å². The molecular weight excluding hydrogens is 237 g/mol. The minimum absolute atomic E-state index is 0.468. The predicted octanol–water partition coefficient (Wildman–Crippen LogP) is 2.40. The molecule has 0 fully saturated rings. The highest BCUT2D eigenvalue weighted by Gasteiger charge is 2.03. The molecule has 0 unspecified atom stereocenters. The maximum absolute atomic E-state index is 5.74. The number of furan rings is 1. The van der Waals surface area contributed by atoms with E-state index in [2.05, 4.69) is 19.1 Å². The molecule has 3 nitrogen and oxygen atoms in total. The van der Waals surface area contributed by atoms with Crippen molar-refractivity contribution in [1.29, 1.82) is 0 Å². The van der Waals surface area contributed by atoms with E-state index < -0.39 is 0 Å². The Bertz CT molecular complexity index is 575. The summed E-state index contributed by atoms with van der Waals surface area (Å²) in [5.41, 5.74) is 9.39. The maximum atomic E-state index is 5.74. The Morgan fingerprint density at radius 1 is 1.37 bits per heavy atom. The van der Waals surface area contributed by atoms with Crippen LogP contribution in [0, 0.1) is 6.92 Å². The molecule has 0 aliphatic rings. The van der Waals surface area contributed by atoms with Crippen molar-refractivity contribution >= 4 is 19.2 Å². The van der Waals surface area contributed by atoms with Crippen molar-refractivity contribution in [3.05, 3.63) is 53.3 Å². The van der Waals surface area contributed by atoms with Crippen molar-refractivity contribution in [2.24, 2.45) is 5.64 Å². The summed E-state index contributed by atoms with van der Waals surface area (Å²) in [4.78, 5) is 0. The standard InChI is InChI=1S/C15H17BNO2/c1-3-4-13-8-14(6-5-11(13)2)18-9-12-7-15(16-17)19-10-12/h3-8,10H,9,17H2,1-2H3/b4-3-. The van der Waals surface area contributed by atoms with Crippen LogP contribution in [0.2, 0.25) is 0 Å². The van der Waals surface area contributed by atoms with Crippen LogP contribution in [0.3, 0.4) is 0 Å². The quantitative estimate of drug-likeness (QED) is 0.833. The lowest BCUT2D eigenvalue weighted by atomic mass is 9.93. The molecule has 0 bridgehead atoms. The van der Waals surface area contributed by atoms with Gasteiger partial charge in [-0.15, -0.1) is 0 Å². The van der Waals surface area contributed by atoms with Crippen molar-refractivity contribution in [3.63, 3.8) is 0 Å². The van der Waals surface area contributed by atoms with E-state index in [1.165, 1.54) is 18.5 Å². The highest BCUT2D eigenvalue weighted by Crippen LogP contribution is 2.19. The SMILES string of the molecule is C/C=C\c1cc(OCc2coc([B]N)c2)ccc1C. The molecule has 1 radical (unpaired) electrons. The molecule has 2 rings (SSSR count). The fourth-order valence-electron chi connectivity index (χ4n) is 1.79. The van der Waals surface area contributed by atoms with E-state index in [0.29, 0.717) is 12.3 Å². The number of aryl methyl sites for hydroxylation is 1. The van der Waals surface area contributed by atoms with Gasteiger partial charge in [-0.05, 0) is 43.2 Å². The first-order valence-corrected chi connectivity index (χ1v) is 6.21. The second-order valence-corrected chi connectivity index (χ2v) is 4.33. The Hall–Kier alpha value is -1.94. The molecule has 0 saturated heterocycles. The van der Waals surface area contributed by atoms with Crippen LogP contribution in [0.25, 0.3) is 6.08 Å². The van der Waals surface area contributed by atoms with E-state index >= 15 is 0 Å². The van der Waals surface area contributed by atoms with Crippen LogP contribution in [0.4, 0.5) is 0 Å². The number of allylic oxidation sites excluding steroid dienone is 1. The van der Waals surface area contributed by atoms with Crippen LogP contribution in [0.15, 0.2) is 41.0 Å². The Morgan fingerprint density at radius 2 is 2.21 bits per heavy atom. The first-order valence-electron chi connectivity index (χ1n) is 6.21. The zero-order chi connectivity index (χ0) is 13.7. The molecule has 2 N–H and O–H groups in total. The summed E-state index contributed by atoms with van der Waals surface area (Å²) in [6.07, 6.45) is 5.74. The lowest BCUT2D eigenvalue weighted by Crippen LogP contribution is -2.20. The summed E-state index contributed by atoms with van der Waals surface area (Å²) in [6, 6.07) is 7.92. The molecule has 0 aliphatic heterocycles. The van der Waals surface area contributed by atoms with Gasteiger partial charge in [0.1, 0.15) is 12.4 Å². The molecule has 4 heteroatoms. The lowest BCUT2D eigenvalue weighted by Gasteiger charge is -2.07. The minimum atomic E-state index is 0.468. The number of benzene rings is 1. The maximum Gasteiger partial charge on any atom is 0.291 e. The normalized spacial score (nSPS) is 10.9. The molecule has 1 heterocycles. The predicted molar refractivity (Wildman–Crippen MR) is 78.5 cm³/mol. The summed E-state index contributed by atoms with van der Waals surface area (Å²) >= 11 is 0. The van der Waals surface area contributed by atoms with Crippen LogP contribution in [0.5, 0.6) is 5.75 Å². The van der Waals surface area contributed by atoms with Gasteiger partial charge < -0.3 is 14.8 Å². The zero-order valence-electron chi connectivity index (χ0n) is 11.2. The van der Waals surface area contributed by atoms with Gasteiger partial charge in [-0.2, -0.15) is 0 Å². The van der Waals surface area contributed by atoms with Crippen LogP contribution < -0.4 is 16.0 Å². The van der Waals surface area contributed by atoms with Gasteiger partial charge in [0.15, 0.2) is 0 Å². The Morgan fingerprint density at radius 3 is 2.89 bits per heavy atom. The summed E-state index contributed by atoms with van der Waals surface area (Å²) in [7, 11) is 1.43. The fraction of sp³-hybridized carbons (Fsp3) is 0.200. The van der Waals surface area contributed by atoms with Gasteiger partial charge in [0.05, 0.1) is 11.9 Å². The average molecular weight is 254 g/mol. The number of ether oxygens (including phenoxy) is 1. The van der Waals surface area contributed by atoms with E-state index in [4.69, 9.17) is 14.8 Å². The number of rotatable bonds is 5. The number of hydrogen-bond acceptors (Lipinski definition) is 3. The molecule has 0 saturated carbocycles. The minimum Gasteiger partial charge on any atom is -0.489 e. The second kappa shape index (κ2) is 6.30. The van der Waals surface area contributed by atoms with Gasteiger partial charge in [0.2, 0.25) is 0 Å². The van der Waals surface area contributed by atoms with Gasteiger partial charge in [0, 0.05) is 5.56 Å². The van der Waals surface area contributed by atoms with Gasteiger partial charge in [-0.25, -0.2) is 0 Å². The van der Waals surface area contributed by atoms with Crippen molar-refractivity contribution < 1.29 is 9.15 Å². The summed E-state index contributed by atoms with van der Waals surface area (Å²) in [5, 5.41) is 0. The van der Waals surface area contributed by atoms with Crippen molar-refractivity contribution in [2.75, 3.05) is 0 Å². The smallest absolute Gasteiger partial charge is 0.291 e. The molecule has 97 valence electrons. The fourth-order valence-corrected chi connectivity index (χ4v) is 1.79. The van der Waals surface area contributed by atoms with E-state index in [9.17, 15) is 0 Å². The number of hydrogen-bond donors (Lipinski definition) is 1. The first-order chi connectivity index (χ1) is 9.22. The highest BCUT2D eigenvalue weighted by molar-refractivity contribution is 6.48. The van der Waals surface area contributed by atoms with E-state index in [0.717, 1.165) is 11.3 Å². The average Bonchev–Trinajstić information content (AvgIpc) is 2.88. The Kier molecular flexibility index (Phi) is 4.47. The third-order valence-corrected chi connectivity index (χ3v) is 2.84. The topological polar surface area (TPSA) is 48.4 Å². The second-order valence-electron chi connectivity index (χ2n) is 4.33. The third kappa shape index (κ3) is 3.52. The van der Waals surface area contributed by atoms with Crippen molar-refractivity contribution in [3.8, 4) is 5.75 Å². The Labute approximate surface area is 114 Å². The monoisotopic (exact) mass is 254 g/mol. The van der Waals surface area contributed by atoms with Crippen molar-refractivity contribution in [2.45, 2.75) is 20.5 Å². The number of nitrogens with two attached hydrogens (primary N) is 1. The van der Waals surface area contributed by atoms with Gasteiger partial charge >= 0.3 is 0 Å². The largest absolute Gasteiger partial charge is 0.489 e. The molecule has 2 aromatic rings. The van der Waals surface area contributed by atoms with Gasteiger partial charge in [0.25, 0.3) is 7.41 Å². The molecular formula is C15H17BNO2. The molecule has 1 aromatic carbocycles. The zero-order valence-corrected chi connectivity index (χ0v) is 11.2. The molecule has 0 amide bonds. The lowest BCUT2D eigenvalue weighted by molar-refractivity contribution is 0.304. The molecule has 0 spiro atoms. The molecule has 1 aromatic heterocycles. The van der Waals surface area contributed by atoms with Crippen LogP contribution in [-0.2, 0) is 6.61 Å². The van der Waals surface area contributed by atoms with Gasteiger partial charge in [-0.1, -0.05) is 18.2 Å². The molecule has 0 aliphatic carbocycles. The molecule has 0 atom stereocenters. The summed E-state index contributed by atoms with van der Waals surface area (Å²) < 4.78 is 11.0. The van der Waals surface area contributed by atoms with Gasteiger partial charge in [-0.3, -0.25) is 0 Å². The Balaban J connectivity index is 2.05. The third-order valence-electron chi connectivity index (χ3n) is 2.84. The van der Waals surface area contributed by atoms with Crippen LogP contribution in [-0.4, -0.2) is 7.41 Å². The first kappa shape index (κ1) is 13.5. The summed E-state index contributed by atoms with van der Waals surface area (Å²) in [5.74, 6) is 0.846. The highest BCUT2D eigenvalue weighted by atomic mass is 16.5.